The van der Waals surface area contributed by atoms with Crippen LogP contribution in [0.4, 0.5) is 11.4 Å². The van der Waals surface area contributed by atoms with Crippen molar-refractivity contribution in [3.63, 3.8) is 0 Å². The van der Waals surface area contributed by atoms with Crippen molar-refractivity contribution in [1.29, 1.82) is 0 Å². The van der Waals surface area contributed by atoms with Crippen LogP contribution in [-0.4, -0.2) is 23.0 Å². The number of rotatable bonds is 4. The number of nitrogen functional groups attached to an aromatic ring is 1. The van der Waals surface area contributed by atoms with E-state index >= 15 is 0 Å². The molecule has 1 aromatic carbocycles. The molecule has 2 aromatic heterocycles. The number of pyridine rings is 1. The molecule has 0 spiro atoms. The Kier molecular flexibility index (Phi) is 5.00. The molecule has 0 aliphatic carbocycles. The summed E-state index contributed by atoms with van der Waals surface area (Å²) in [5.41, 5.74) is 7.69. The highest BCUT2D eigenvalue weighted by molar-refractivity contribution is 7.21. The summed E-state index contributed by atoms with van der Waals surface area (Å²) in [6.45, 7) is 5.30. The monoisotopic (exact) mass is 385 g/mol. The van der Waals surface area contributed by atoms with Gasteiger partial charge in [-0.2, -0.15) is 0 Å². The molecule has 3 rings (SSSR count). The average Bonchev–Trinajstić information content (AvgIpc) is 2.91. The Balaban J connectivity index is 1.89. The van der Waals surface area contributed by atoms with E-state index in [0.717, 1.165) is 11.3 Å². The van der Waals surface area contributed by atoms with Crippen molar-refractivity contribution in [1.82, 2.24) is 4.98 Å². The second-order valence-corrected chi connectivity index (χ2v) is 7.38. The lowest BCUT2D eigenvalue weighted by molar-refractivity contribution is 0.0377. The van der Waals surface area contributed by atoms with E-state index in [9.17, 15) is 14.4 Å². The van der Waals surface area contributed by atoms with Crippen LogP contribution in [0.2, 0.25) is 0 Å². The number of aromatic nitrogens is 1. The van der Waals surface area contributed by atoms with Crippen molar-refractivity contribution in [2.24, 2.45) is 0 Å². The normalized spacial score (nSPS) is 11.0. The van der Waals surface area contributed by atoms with Crippen LogP contribution in [-0.2, 0) is 4.74 Å². The summed E-state index contributed by atoms with van der Waals surface area (Å²) in [5.74, 6) is -0.876. The standard InChI is InChI=1S/C19H19N3O4S/c1-9(2)26-19(25)11-5-4-6-12(8-11)21-17(24)16-15(20)14-10(3)7-13(23)22-18(14)27-16/h4-9H,20H2,1-3H3,(H,21,24)(H,22,23). The van der Waals surface area contributed by atoms with E-state index in [0.29, 0.717) is 37.6 Å². The number of anilines is 2. The Morgan fingerprint density at radius 1 is 1.26 bits per heavy atom. The van der Waals surface area contributed by atoms with Gasteiger partial charge in [-0.3, -0.25) is 9.59 Å². The molecule has 3 aromatic rings. The van der Waals surface area contributed by atoms with Gasteiger partial charge in [0.1, 0.15) is 9.71 Å². The van der Waals surface area contributed by atoms with E-state index in [2.05, 4.69) is 10.3 Å². The number of carbonyl (C=O) groups excluding carboxylic acids is 2. The fourth-order valence-corrected chi connectivity index (χ4v) is 3.79. The molecular formula is C19H19N3O4S. The van der Waals surface area contributed by atoms with Crippen LogP contribution < -0.4 is 16.6 Å². The maximum absolute atomic E-state index is 12.7. The minimum atomic E-state index is -0.462. The number of ether oxygens (including phenoxy) is 1. The molecule has 0 atom stereocenters. The van der Waals surface area contributed by atoms with Gasteiger partial charge in [-0.1, -0.05) is 6.07 Å². The number of nitrogens with two attached hydrogens (primary N) is 1. The number of hydrogen-bond donors (Lipinski definition) is 3. The highest BCUT2D eigenvalue weighted by Gasteiger charge is 2.19. The van der Waals surface area contributed by atoms with Crippen molar-refractivity contribution in [2.45, 2.75) is 26.9 Å². The second-order valence-electron chi connectivity index (χ2n) is 6.35. The lowest BCUT2D eigenvalue weighted by atomic mass is 10.1. The van der Waals surface area contributed by atoms with E-state index in [1.54, 1.807) is 45.0 Å². The SMILES string of the molecule is Cc1cc(=O)[nH]c2sc(C(=O)Nc3cccc(C(=O)OC(C)C)c3)c(N)c12. The molecule has 8 heteroatoms. The molecule has 1 amide bonds. The Morgan fingerprint density at radius 2 is 2.00 bits per heavy atom. The van der Waals surface area contributed by atoms with E-state index < -0.39 is 11.9 Å². The zero-order chi connectivity index (χ0) is 19.7. The summed E-state index contributed by atoms with van der Waals surface area (Å²) in [6, 6.07) is 7.92. The smallest absolute Gasteiger partial charge is 0.338 e. The molecule has 0 saturated carbocycles. The Hall–Kier alpha value is -3.13. The summed E-state index contributed by atoms with van der Waals surface area (Å²) < 4.78 is 5.16. The van der Waals surface area contributed by atoms with Crippen LogP contribution in [0.3, 0.4) is 0 Å². The molecule has 4 N–H and O–H groups in total. The molecule has 0 aliphatic heterocycles. The first-order valence-corrected chi connectivity index (χ1v) is 9.12. The summed E-state index contributed by atoms with van der Waals surface area (Å²) in [6.07, 6.45) is -0.237. The van der Waals surface area contributed by atoms with Crippen molar-refractivity contribution >= 4 is 44.8 Å². The quantitative estimate of drug-likeness (QED) is 0.596. The van der Waals surface area contributed by atoms with E-state index in [4.69, 9.17) is 10.5 Å². The van der Waals surface area contributed by atoms with E-state index in [1.165, 1.54) is 6.07 Å². The third kappa shape index (κ3) is 3.85. The molecule has 0 radical (unpaired) electrons. The van der Waals surface area contributed by atoms with Gasteiger partial charge in [-0.25, -0.2) is 4.79 Å². The number of nitrogens with one attached hydrogen (secondary N) is 2. The van der Waals surface area contributed by atoms with E-state index in [-0.39, 0.29) is 11.7 Å². The van der Waals surface area contributed by atoms with Gasteiger partial charge in [0.25, 0.3) is 5.91 Å². The highest BCUT2D eigenvalue weighted by Crippen LogP contribution is 2.34. The minimum Gasteiger partial charge on any atom is -0.459 e. The molecule has 27 heavy (non-hydrogen) atoms. The second kappa shape index (κ2) is 7.24. The van der Waals surface area contributed by atoms with Gasteiger partial charge >= 0.3 is 5.97 Å². The Morgan fingerprint density at radius 3 is 2.70 bits per heavy atom. The lowest BCUT2D eigenvalue weighted by Gasteiger charge is -2.09. The minimum absolute atomic E-state index is 0.237. The third-order valence-electron chi connectivity index (χ3n) is 3.83. The number of carbonyl (C=O) groups is 2. The van der Waals surface area contributed by atoms with Crippen LogP contribution in [0.25, 0.3) is 10.2 Å². The number of amides is 1. The molecule has 140 valence electrons. The fraction of sp³-hybridized carbons (Fsp3) is 0.211. The number of H-pyrrole nitrogens is 1. The van der Waals surface area contributed by atoms with Gasteiger partial charge in [0.15, 0.2) is 0 Å². The Bertz CT molecular complexity index is 1100. The average molecular weight is 385 g/mol. The first kappa shape index (κ1) is 18.7. The van der Waals surface area contributed by atoms with Crippen LogP contribution in [0.5, 0.6) is 0 Å². The van der Waals surface area contributed by atoms with Crippen LogP contribution in [0.15, 0.2) is 35.1 Å². The number of hydrogen-bond acceptors (Lipinski definition) is 6. The van der Waals surface area contributed by atoms with Gasteiger partial charge in [-0.15, -0.1) is 11.3 Å². The van der Waals surface area contributed by atoms with Crippen LogP contribution in [0.1, 0.15) is 39.4 Å². The van der Waals surface area contributed by atoms with Crippen LogP contribution in [0, 0.1) is 6.92 Å². The Labute approximate surface area is 159 Å². The molecule has 0 aliphatic rings. The van der Waals surface area contributed by atoms with Gasteiger partial charge in [0.05, 0.1) is 17.4 Å². The molecule has 7 nitrogen and oxygen atoms in total. The van der Waals surface area contributed by atoms with Crippen LogP contribution >= 0.6 is 11.3 Å². The molecular weight excluding hydrogens is 366 g/mol. The number of esters is 1. The maximum atomic E-state index is 12.7. The third-order valence-corrected chi connectivity index (χ3v) is 4.95. The molecule has 0 saturated heterocycles. The summed E-state index contributed by atoms with van der Waals surface area (Å²) in [4.78, 5) is 39.9. The van der Waals surface area contributed by atoms with E-state index in [1.807, 2.05) is 0 Å². The summed E-state index contributed by atoms with van der Waals surface area (Å²) in [7, 11) is 0. The topological polar surface area (TPSA) is 114 Å². The predicted octanol–water partition coefficient (Wildman–Crippen LogP) is 3.30. The summed E-state index contributed by atoms with van der Waals surface area (Å²) >= 11 is 1.11. The first-order valence-electron chi connectivity index (χ1n) is 8.30. The molecule has 0 unspecified atom stereocenters. The number of aryl methyl sites for hydroxylation is 1. The maximum Gasteiger partial charge on any atom is 0.338 e. The number of aromatic amines is 1. The number of benzene rings is 1. The molecule has 0 bridgehead atoms. The zero-order valence-corrected chi connectivity index (χ0v) is 15.9. The van der Waals surface area contributed by atoms with Gasteiger partial charge in [0.2, 0.25) is 5.56 Å². The fourth-order valence-electron chi connectivity index (χ4n) is 2.70. The predicted molar refractivity (Wildman–Crippen MR) is 107 cm³/mol. The van der Waals surface area contributed by atoms with Crippen molar-refractivity contribution in [2.75, 3.05) is 11.1 Å². The van der Waals surface area contributed by atoms with Gasteiger partial charge < -0.3 is 20.8 Å². The number of thiophene rings is 1. The van der Waals surface area contributed by atoms with Crippen molar-refractivity contribution in [3.8, 4) is 0 Å². The zero-order valence-electron chi connectivity index (χ0n) is 15.1. The molecule has 2 heterocycles. The molecule has 0 fully saturated rings. The van der Waals surface area contributed by atoms with Gasteiger partial charge in [-0.05, 0) is 44.5 Å². The largest absolute Gasteiger partial charge is 0.459 e. The van der Waals surface area contributed by atoms with Gasteiger partial charge in [0, 0.05) is 17.1 Å². The number of fused-ring (bicyclic) bond motifs is 1. The van der Waals surface area contributed by atoms with Crippen molar-refractivity contribution in [3.05, 3.63) is 56.7 Å². The first-order chi connectivity index (χ1) is 12.8. The summed E-state index contributed by atoms with van der Waals surface area (Å²) in [5, 5.41) is 3.40. The van der Waals surface area contributed by atoms with Crippen molar-refractivity contribution < 1.29 is 14.3 Å². The lowest BCUT2D eigenvalue weighted by Crippen LogP contribution is -2.14. The highest BCUT2D eigenvalue weighted by atomic mass is 32.1.